The number of rotatable bonds is 2. The highest BCUT2D eigenvalue weighted by Gasteiger charge is 2.18. The lowest BCUT2D eigenvalue weighted by Gasteiger charge is -2.14. The molecule has 2 heterocycles. The van der Waals surface area contributed by atoms with E-state index in [2.05, 4.69) is 15.3 Å². The highest BCUT2D eigenvalue weighted by atomic mass is 32.1. The number of anilines is 1. The molecular weight excluding hydrogens is 265 g/mol. The lowest BCUT2D eigenvalue weighted by molar-refractivity contribution is 0.102. The number of hydrogen-bond donors (Lipinski definition) is 1. The molecule has 1 N–H and O–H groups in total. The van der Waals surface area contributed by atoms with Gasteiger partial charge in [-0.05, 0) is 12.1 Å². The Kier molecular flexibility index (Phi) is 3.61. The molecule has 6 heteroatoms. The minimum atomic E-state index is -0.679. The molecule has 0 radical (unpaired) electrons. The molecule has 0 saturated heterocycles. The largest absolute Gasteiger partial charge is 0.296 e. The summed E-state index contributed by atoms with van der Waals surface area (Å²) in [6.45, 7) is 6.13. The number of pyridine rings is 1. The van der Waals surface area contributed by atoms with Crippen LogP contribution in [0, 0.1) is 5.95 Å². The third-order valence-electron chi connectivity index (χ3n) is 2.44. The molecule has 0 unspecified atom stereocenters. The second-order valence-electron chi connectivity index (χ2n) is 5.09. The average Bonchev–Trinajstić information content (AvgIpc) is 2.77. The van der Waals surface area contributed by atoms with Crippen LogP contribution >= 0.6 is 11.3 Å². The van der Waals surface area contributed by atoms with Crippen LogP contribution in [-0.2, 0) is 5.41 Å². The van der Waals surface area contributed by atoms with Crippen molar-refractivity contribution in [2.75, 3.05) is 5.32 Å². The summed E-state index contributed by atoms with van der Waals surface area (Å²) in [5.74, 6) is -1.14. The molecule has 0 aliphatic carbocycles. The number of nitrogens with zero attached hydrogens (tertiary/aromatic N) is 2. The molecule has 0 fully saturated rings. The van der Waals surface area contributed by atoms with Gasteiger partial charge in [0, 0.05) is 10.8 Å². The zero-order valence-corrected chi connectivity index (χ0v) is 11.7. The van der Waals surface area contributed by atoms with E-state index in [0.717, 1.165) is 5.69 Å². The van der Waals surface area contributed by atoms with Crippen molar-refractivity contribution < 1.29 is 9.18 Å². The highest BCUT2D eigenvalue weighted by molar-refractivity contribution is 7.14. The van der Waals surface area contributed by atoms with Crippen molar-refractivity contribution in [3.8, 4) is 0 Å². The summed E-state index contributed by atoms with van der Waals surface area (Å²) < 4.78 is 12.9. The van der Waals surface area contributed by atoms with Gasteiger partial charge in [-0.3, -0.25) is 10.1 Å². The second kappa shape index (κ2) is 5.05. The fourth-order valence-corrected chi connectivity index (χ4v) is 2.30. The fourth-order valence-electron chi connectivity index (χ4n) is 1.37. The first-order chi connectivity index (χ1) is 8.86. The monoisotopic (exact) mass is 279 g/mol. The van der Waals surface area contributed by atoms with Crippen LogP contribution in [0.15, 0.2) is 23.6 Å². The second-order valence-corrected chi connectivity index (χ2v) is 5.95. The standard InChI is InChI=1S/C13H14FN3OS/c1-13(2,3)9-7-19-12(16-9)17-11(18)8-5-4-6-10(14)15-8/h4-7H,1-3H3,(H,16,17,18). The Morgan fingerprint density at radius 3 is 2.63 bits per heavy atom. The van der Waals surface area contributed by atoms with Crippen molar-refractivity contribution in [3.05, 3.63) is 40.9 Å². The number of amides is 1. The van der Waals surface area contributed by atoms with E-state index in [-0.39, 0.29) is 11.1 Å². The molecule has 0 aromatic carbocycles. The Labute approximate surface area is 114 Å². The number of nitrogens with one attached hydrogen (secondary N) is 1. The van der Waals surface area contributed by atoms with Gasteiger partial charge in [0.1, 0.15) is 5.69 Å². The minimum absolute atomic E-state index is 0.0347. The van der Waals surface area contributed by atoms with E-state index in [0.29, 0.717) is 5.13 Å². The van der Waals surface area contributed by atoms with Crippen LogP contribution in [0.1, 0.15) is 37.0 Å². The van der Waals surface area contributed by atoms with E-state index >= 15 is 0 Å². The molecule has 2 aromatic heterocycles. The molecule has 0 saturated carbocycles. The number of aromatic nitrogens is 2. The maximum absolute atomic E-state index is 12.9. The van der Waals surface area contributed by atoms with Gasteiger partial charge >= 0.3 is 0 Å². The van der Waals surface area contributed by atoms with Crippen LogP contribution < -0.4 is 5.32 Å². The van der Waals surface area contributed by atoms with E-state index < -0.39 is 11.9 Å². The maximum atomic E-state index is 12.9. The van der Waals surface area contributed by atoms with Crippen molar-refractivity contribution >= 4 is 22.4 Å². The quantitative estimate of drug-likeness (QED) is 0.859. The summed E-state index contributed by atoms with van der Waals surface area (Å²) in [6.07, 6.45) is 0. The Bertz CT molecular complexity index is 604. The van der Waals surface area contributed by atoms with Gasteiger partial charge in [0.05, 0.1) is 5.69 Å². The fraction of sp³-hybridized carbons (Fsp3) is 0.308. The van der Waals surface area contributed by atoms with Gasteiger partial charge in [-0.25, -0.2) is 9.97 Å². The zero-order valence-electron chi connectivity index (χ0n) is 10.9. The first kappa shape index (κ1) is 13.6. The van der Waals surface area contributed by atoms with Crippen LogP contribution in [0.25, 0.3) is 0 Å². The third kappa shape index (κ3) is 3.35. The molecular formula is C13H14FN3OS. The van der Waals surface area contributed by atoms with Gasteiger partial charge in [-0.1, -0.05) is 26.8 Å². The zero-order chi connectivity index (χ0) is 14.0. The summed E-state index contributed by atoms with van der Waals surface area (Å²) in [5.41, 5.74) is 0.865. The molecule has 0 aliphatic heterocycles. The van der Waals surface area contributed by atoms with Crippen LogP contribution in [-0.4, -0.2) is 15.9 Å². The van der Waals surface area contributed by atoms with Crippen molar-refractivity contribution in [2.24, 2.45) is 0 Å². The maximum Gasteiger partial charge on any atom is 0.276 e. The van der Waals surface area contributed by atoms with Gasteiger partial charge in [-0.15, -0.1) is 11.3 Å². The van der Waals surface area contributed by atoms with E-state index in [1.54, 1.807) is 0 Å². The molecule has 0 atom stereocenters. The van der Waals surface area contributed by atoms with E-state index in [4.69, 9.17) is 0 Å². The van der Waals surface area contributed by atoms with Crippen LogP contribution in [0.2, 0.25) is 0 Å². The number of carbonyl (C=O) groups is 1. The smallest absolute Gasteiger partial charge is 0.276 e. The molecule has 2 rings (SSSR count). The first-order valence-electron chi connectivity index (χ1n) is 5.76. The van der Waals surface area contributed by atoms with Crippen LogP contribution in [0.5, 0.6) is 0 Å². The molecule has 0 spiro atoms. The topological polar surface area (TPSA) is 54.9 Å². The number of halogens is 1. The minimum Gasteiger partial charge on any atom is -0.296 e. The van der Waals surface area contributed by atoms with Gasteiger partial charge in [-0.2, -0.15) is 4.39 Å². The van der Waals surface area contributed by atoms with Crippen LogP contribution in [0.3, 0.4) is 0 Å². The summed E-state index contributed by atoms with van der Waals surface area (Å²) in [5, 5.41) is 5.00. The third-order valence-corrected chi connectivity index (χ3v) is 3.20. The molecule has 0 bridgehead atoms. The Morgan fingerprint density at radius 1 is 1.32 bits per heavy atom. The average molecular weight is 279 g/mol. The molecule has 100 valence electrons. The molecule has 1 amide bonds. The molecule has 19 heavy (non-hydrogen) atoms. The van der Waals surface area contributed by atoms with E-state index in [1.165, 1.54) is 29.5 Å². The Morgan fingerprint density at radius 2 is 2.05 bits per heavy atom. The summed E-state index contributed by atoms with van der Waals surface area (Å²) in [7, 11) is 0. The number of thiazole rings is 1. The Hall–Kier alpha value is -1.82. The SMILES string of the molecule is CC(C)(C)c1csc(NC(=O)c2cccc(F)n2)n1. The van der Waals surface area contributed by atoms with E-state index in [1.807, 2.05) is 26.2 Å². The number of hydrogen-bond acceptors (Lipinski definition) is 4. The molecule has 0 aliphatic rings. The van der Waals surface area contributed by atoms with Gasteiger partial charge in [0.15, 0.2) is 5.13 Å². The predicted molar refractivity (Wildman–Crippen MR) is 73.0 cm³/mol. The van der Waals surface area contributed by atoms with E-state index in [9.17, 15) is 9.18 Å². The number of carbonyl (C=O) groups excluding carboxylic acids is 1. The first-order valence-corrected chi connectivity index (χ1v) is 6.64. The van der Waals surface area contributed by atoms with Crippen LogP contribution in [0.4, 0.5) is 9.52 Å². The van der Waals surface area contributed by atoms with Gasteiger partial charge in [0.25, 0.3) is 5.91 Å². The van der Waals surface area contributed by atoms with Gasteiger partial charge in [0.2, 0.25) is 5.95 Å². The summed E-state index contributed by atoms with van der Waals surface area (Å²) >= 11 is 1.34. The Balaban J connectivity index is 2.13. The predicted octanol–water partition coefficient (Wildman–Crippen LogP) is 3.23. The normalized spacial score (nSPS) is 11.4. The summed E-state index contributed by atoms with van der Waals surface area (Å²) in [4.78, 5) is 19.7. The lowest BCUT2D eigenvalue weighted by Crippen LogP contribution is -2.15. The van der Waals surface area contributed by atoms with Crippen molar-refractivity contribution in [1.82, 2.24) is 9.97 Å². The van der Waals surface area contributed by atoms with Crippen molar-refractivity contribution in [2.45, 2.75) is 26.2 Å². The lowest BCUT2D eigenvalue weighted by atomic mass is 9.93. The van der Waals surface area contributed by atoms with Crippen molar-refractivity contribution in [3.63, 3.8) is 0 Å². The highest BCUT2D eigenvalue weighted by Crippen LogP contribution is 2.26. The molecule has 2 aromatic rings. The molecule has 4 nitrogen and oxygen atoms in total. The van der Waals surface area contributed by atoms with Gasteiger partial charge < -0.3 is 0 Å². The summed E-state index contributed by atoms with van der Waals surface area (Å²) in [6, 6.07) is 4.09. The van der Waals surface area contributed by atoms with Crippen molar-refractivity contribution in [1.29, 1.82) is 0 Å².